The van der Waals surface area contributed by atoms with Gasteiger partial charge in [-0.25, -0.2) is 4.79 Å². The Labute approximate surface area is 168 Å². The van der Waals surface area contributed by atoms with Gasteiger partial charge in [-0.15, -0.1) is 0 Å². The van der Waals surface area contributed by atoms with E-state index in [1.807, 2.05) is 29.5 Å². The van der Waals surface area contributed by atoms with Crippen LogP contribution in [-0.2, 0) is 4.79 Å². The van der Waals surface area contributed by atoms with E-state index in [2.05, 4.69) is 10.5 Å². The van der Waals surface area contributed by atoms with Gasteiger partial charge in [-0.2, -0.15) is 5.10 Å². The number of nitrogens with one attached hydrogen (secondary N) is 1. The van der Waals surface area contributed by atoms with Gasteiger partial charge >= 0.3 is 5.97 Å². The highest BCUT2D eigenvalue weighted by Crippen LogP contribution is 2.34. The van der Waals surface area contributed by atoms with Crippen LogP contribution < -0.4 is 14.9 Å². The highest BCUT2D eigenvalue weighted by molar-refractivity contribution is 14.1. The number of non-ortho nitro benzene ring substituents is 1. The number of carboxylic acid groups (broad SMARTS) is 1. The number of anilines is 1. The molecule has 0 unspecified atom stereocenters. The molecule has 0 saturated carbocycles. The normalized spacial score (nSPS) is 10.6. The molecule has 27 heavy (non-hydrogen) atoms. The summed E-state index contributed by atoms with van der Waals surface area (Å²) in [7, 11) is 0. The molecular formula is C17H16IN3O6. The summed E-state index contributed by atoms with van der Waals surface area (Å²) < 4.78 is 11.5. The van der Waals surface area contributed by atoms with E-state index < -0.39 is 17.5 Å². The van der Waals surface area contributed by atoms with E-state index in [1.165, 1.54) is 12.1 Å². The fourth-order valence-electron chi connectivity index (χ4n) is 2.04. The number of hydrazone groups is 1. The minimum Gasteiger partial charge on any atom is -0.490 e. The van der Waals surface area contributed by atoms with Gasteiger partial charge in [0.1, 0.15) is 0 Å². The molecule has 0 heterocycles. The van der Waals surface area contributed by atoms with Crippen molar-refractivity contribution in [2.24, 2.45) is 5.10 Å². The van der Waals surface area contributed by atoms with Crippen molar-refractivity contribution in [3.63, 3.8) is 0 Å². The minimum atomic E-state index is -1.08. The Morgan fingerprint density at radius 1 is 1.33 bits per heavy atom. The maximum absolute atomic E-state index is 10.7. The lowest BCUT2D eigenvalue weighted by Gasteiger charge is -2.13. The summed E-state index contributed by atoms with van der Waals surface area (Å²) in [6.07, 6.45) is 1.55. The SMILES string of the molecule is CCOc1cc(/C=N\Nc2ccc([N+](=O)[O-])cc2)cc(I)c1OCC(=O)O. The molecule has 0 amide bonds. The van der Waals surface area contributed by atoms with Crippen LogP contribution in [0.25, 0.3) is 0 Å². The predicted molar refractivity (Wildman–Crippen MR) is 108 cm³/mol. The van der Waals surface area contributed by atoms with E-state index in [0.29, 0.717) is 32.9 Å². The van der Waals surface area contributed by atoms with E-state index in [0.717, 1.165) is 0 Å². The summed E-state index contributed by atoms with van der Waals surface area (Å²) in [5.41, 5.74) is 4.08. The molecule has 9 nitrogen and oxygen atoms in total. The number of benzene rings is 2. The first-order chi connectivity index (χ1) is 12.9. The van der Waals surface area contributed by atoms with Crippen molar-refractivity contribution in [2.75, 3.05) is 18.6 Å². The monoisotopic (exact) mass is 485 g/mol. The lowest BCUT2D eigenvalue weighted by Crippen LogP contribution is -2.11. The number of carbonyl (C=O) groups is 1. The smallest absolute Gasteiger partial charge is 0.341 e. The first-order valence-electron chi connectivity index (χ1n) is 7.75. The van der Waals surface area contributed by atoms with Gasteiger partial charge < -0.3 is 14.6 Å². The molecule has 0 aliphatic heterocycles. The number of halogens is 1. The average Bonchev–Trinajstić information content (AvgIpc) is 2.61. The van der Waals surface area contributed by atoms with Crippen LogP contribution in [0.2, 0.25) is 0 Å². The summed E-state index contributed by atoms with van der Waals surface area (Å²) >= 11 is 2.03. The molecule has 2 aromatic carbocycles. The van der Waals surface area contributed by atoms with E-state index in [1.54, 1.807) is 30.5 Å². The van der Waals surface area contributed by atoms with Crippen LogP contribution in [0.1, 0.15) is 12.5 Å². The molecule has 2 aromatic rings. The maximum Gasteiger partial charge on any atom is 0.341 e. The maximum atomic E-state index is 10.7. The molecule has 0 bridgehead atoms. The number of ether oxygens (including phenoxy) is 2. The summed E-state index contributed by atoms with van der Waals surface area (Å²) in [5, 5.41) is 23.5. The number of carboxylic acids is 1. The van der Waals surface area contributed by atoms with Crippen molar-refractivity contribution < 1.29 is 24.3 Å². The molecule has 0 aliphatic carbocycles. The van der Waals surface area contributed by atoms with Crippen molar-refractivity contribution in [2.45, 2.75) is 6.92 Å². The van der Waals surface area contributed by atoms with Crippen LogP contribution in [0.3, 0.4) is 0 Å². The van der Waals surface area contributed by atoms with Crippen LogP contribution >= 0.6 is 22.6 Å². The summed E-state index contributed by atoms with van der Waals surface area (Å²) in [6.45, 7) is 1.73. The fraction of sp³-hybridized carbons (Fsp3) is 0.176. The molecule has 0 atom stereocenters. The van der Waals surface area contributed by atoms with Gasteiger partial charge in [-0.3, -0.25) is 15.5 Å². The Morgan fingerprint density at radius 3 is 2.63 bits per heavy atom. The second kappa shape index (κ2) is 9.71. The molecule has 0 fully saturated rings. The van der Waals surface area contributed by atoms with E-state index in [4.69, 9.17) is 14.6 Å². The summed E-state index contributed by atoms with van der Waals surface area (Å²) in [5.74, 6) is -0.297. The van der Waals surface area contributed by atoms with Gasteiger partial charge in [-0.1, -0.05) is 0 Å². The summed E-state index contributed by atoms with van der Waals surface area (Å²) in [6, 6.07) is 9.30. The zero-order valence-electron chi connectivity index (χ0n) is 14.2. The van der Waals surface area contributed by atoms with Crippen LogP contribution in [0, 0.1) is 13.7 Å². The van der Waals surface area contributed by atoms with Gasteiger partial charge in [-0.05, 0) is 59.3 Å². The van der Waals surface area contributed by atoms with Crippen molar-refractivity contribution in [1.82, 2.24) is 0 Å². The molecule has 2 rings (SSSR count). The fourth-order valence-corrected chi connectivity index (χ4v) is 2.82. The van der Waals surface area contributed by atoms with Gasteiger partial charge in [0.2, 0.25) is 0 Å². The first kappa shape index (κ1) is 20.4. The summed E-state index contributed by atoms with van der Waals surface area (Å²) in [4.78, 5) is 20.9. The van der Waals surface area contributed by atoms with E-state index >= 15 is 0 Å². The first-order valence-corrected chi connectivity index (χ1v) is 8.83. The van der Waals surface area contributed by atoms with Crippen LogP contribution in [0.5, 0.6) is 11.5 Å². The average molecular weight is 485 g/mol. The molecule has 2 N–H and O–H groups in total. The second-order valence-electron chi connectivity index (χ2n) is 5.12. The number of aliphatic carboxylic acids is 1. The van der Waals surface area contributed by atoms with Crippen molar-refractivity contribution in [3.05, 3.63) is 55.6 Å². The lowest BCUT2D eigenvalue weighted by atomic mass is 10.2. The Bertz CT molecular complexity index is 854. The number of rotatable bonds is 9. The Balaban J connectivity index is 2.13. The molecule has 142 valence electrons. The van der Waals surface area contributed by atoms with Crippen molar-refractivity contribution in [3.8, 4) is 11.5 Å². The third-order valence-corrected chi connectivity index (χ3v) is 3.96. The highest BCUT2D eigenvalue weighted by Gasteiger charge is 2.13. The molecule has 0 saturated heterocycles. The standard InChI is InChI=1S/C17H16IN3O6/c1-2-26-15-8-11(7-14(18)17(15)27-10-16(22)23)9-19-20-12-3-5-13(6-4-12)21(24)25/h3-9,20H,2,10H2,1H3,(H,22,23)/b19-9-. The number of nitro groups is 1. The number of nitro benzene ring substituents is 1. The topological polar surface area (TPSA) is 123 Å². The lowest BCUT2D eigenvalue weighted by molar-refractivity contribution is -0.384. The van der Waals surface area contributed by atoms with Crippen molar-refractivity contribution in [1.29, 1.82) is 0 Å². The van der Waals surface area contributed by atoms with Gasteiger partial charge in [0.15, 0.2) is 18.1 Å². The van der Waals surface area contributed by atoms with E-state index in [9.17, 15) is 14.9 Å². The Hall–Kier alpha value is -2.89. The quantitative estimate of drug-likeness (QED) is 0.241. The molecule has 0 aliphatic rings. The van der Waals surface area contributed by atoms with E-state index in [-0.39, 0.29) is 5.69 Å². The number of hydrogen-bond donors (Lipinski definition) is 2. The second-order valence-corrected chi connectivity index (χ2v) is 6.28. The molecule has 0 aromatic heterocycles. The molecule has 0 radical (unpaired) electrons. The Kier molecular flexibility index (Phi) is 7.34. The van der Waals surface area contributed by atoms with Crippen LogP contribution in [0.4, 0.5) is 11.4 Å². The van der Waals surface area contributed by atoms with Crippen LogP contribution in [-0.4, -0.2) is 35.4 Å². The van der Waals surface area contributed by atoms with Gasteiger partial charge in [0.25, 0.3) is 5.69 Å². The number of hydrogen-bond acceptors (Lipinski definition) is 7. The highest BCUT2D eigenvalue weighted by atomic mass is 127. The molecule has 0 spiro atoms. The third-order valence-electron chi connectivity index (χ3n) is 3.16. The zero-order valence-corrected chi connectivity index (χ0v) is 16.4. The number of nitrogens with zero attached hydrogens (tertiary/aromatic N) is 2. The Morgan fingerprint density at radius 2 is 2.04 bits per heavy atom. The third kappa shape index (κ3) is 6.09. The van der Waals surface area contributed by atoms with Gasteiger partial charge in [0, 0.05) is 12.1 Å². The van der Waals surface area contributed by atoms with Gasteiger partial charge in [0.05, 0.1) is 27.0 Å². The predicted octanol–water partition coefficient (Wildman–Crippen LogP) is 3.51. The zero-order chi connectivity index (χ0) is 19.8. The largest absolute Gasteiger partial charge is 0.490 e. The van der Waals surface area contributed by atoms with Crippen molar-refractivity contribution >= 4 is 46.1 Å². The molecular weight excluding hydrogens is 469 g/mol. The molecule has 10 heteroatoms. The minimum absolute atomic E-state index is 0.00242. The van der Waals surface area contributed by atoms with Crippen LogP contribution in [0.15, 0.2) is 41.5 Å².